The van der Waals surface area contributed by atoms with Gasteiger partial charge in [-0.05, 0) is 11.1 Å². The first-order chi connectivity index (χ1) is 16.7. The predicted octanol–water partition coefficient (Wildman–Crippen LogP) is 15.1. The molecule has 0 aliphatic heterocycles. The Labute approximate surface area is 289 Å². The van der Waals surface area contributed by atoms with Gasteiger partial charge < -0.3 is 29.7 Å². The van der Waals surface area contributed by atoms with E-state index in [0.29, 0.717) is 0 Å². The molecule has 0 bridgehead atoms. The molecule has 4 aliphatic carbocycles. The van der Waals surface area contributed by atoms with Crippen molar-refractivity contribution < 1.29 is 41.7 Å². The summed E-state index contributed by atoms with van der Waals surface area (Å²) in [6.07, 6.45) is 29.0. The summed E-state index contributed by atoms with van der Waals surface area (Å²) in [5.74, 6) is 0. The van der Waals surface area contributed by atoms with E-state index in [1.165, 1.54) is 101 Å². The summed E-state index contributed by atoms with van der Waals surface area (Å²) < 4.78 is 0. The fourth-order valence-corrected chi connectivity index (χ4v) is 13.9. The minimum atomic E-state index is -0.887. The second kappa shape index (κ2) is 34.2. The third-order valence-corrected chi connectivity index (χ3v) is 17.9. The molecule has 4 fully saturated rings. The number of rotatable bonds is 6. The van der Waals surface area contributed by atoms with E-state index in [0.717, 1.165) is 0 Å². The van der Waals surface area contributed by atoms with Gasteiger partial charge in [-0.25, -0.2) is 0 Å². The average Bonchev–Trinajstić information content (AvgIpc) is 3.66. The van der Waals surface area contributed by atoms with Crippen molar-refractivity contribution in [2.45, 2.75) is 171 Å². The van der Waals surface area contributed by atoms with Crippen LogP contribution in [0.25, 0.3) is 0 Å². The van der Waals surface area contributed by atoms with Crippen LogP contribution in [0.3, 0.4) is 0 Å². The Balaban J connectivity index is -0.000000159. The predicted molar refractivity (Wildman–Crippen MR) is 189 cm³/mol. The van der Waals surface area contributed by atoms with Gasteiger partial charge in [-0.3, -0.25) is 0 Å². The molecule has 236 valence electrons. The number of hydrogen-bond donors (Lipinski definition) is 0. The third kappa shape index (κ3) is 28.6. The summed E-state index contributed by atoms with van der Waals surface area (Å²) in [6, 6.07) is 3.25. The molecule has 8 heteroatoms. The van der Waals surface area contributed by atoms with Gasteiger partial charge in [0.25, 0.3) is 0 Å². The van der Waals surface area contributed by atoms with Gasteiger partial charge in [-0.15, -0.1) is 0 Å². The van der Waals surface area contributed by atoms with E-state index >= 15 is 0 Å². The second-order valence-electron chi connectivity index (χ2n) is 12.5. The Morgan fingerprint density at radius 3 is 0.795 bits per heavy atom. The summed E-state index contributed by atoms with van der Waals surface area (Å²) in [7, 11) is 18.0. The molecule has 0 saturated heterocycles. The molecule has 0 heterocycles. The van der Waals surface area contributed by atoms with E-state index in [9.17, 15) is 0 Å². The van der Waals surface area contributed by atoms with Crippen molar-refractivity contribution in [3.8, 4) is 0 Å². The molecule has 0 N–H and O–H groups in total. The van der Waals surface area contributed by atoms with Gasteiger partial charge in [0.15, 0.2) is 0 Å². The molecule has 0 spiro atoms. The maximum atomic E-state index is 4.93. The molecular formula is C31H68Cl4Si2Zr2. The zero-order chi connectivity index (χ0) is 26.4. The van der Waals surface area contributed by atoms with Crippen molar-refractivity contribution in [1.82, 2.24) is 0 Å². The van der Waals surface area contributed by atoms with Crippen molar-refractivity contribution in [1.29, 1.82) is 0 Å². The van der Waals surface area contributed by atoms with Crippen molar-refractivity contribution in [2.75, 3.05) is 0 Å². The molecule has 0 unspecified atom stereocenters. The zero-order valence-corrected chi connectivity index (χ0v) is 37.5. The average molecular weight is 821 g/mol. The molecule has 4 rings (SSSR count). The topological polar surface area (TPSA) is 0 Å². The van der Waals surface area contributed by atoms with E-state index in [4.69, 9.17) is 34.1 Å². The van der Waals surface area contributed by atoms with Gasteiger partial charge in [0.2, 0.25) is 0 Å². The summed E-state index contributed by atoms with van der Waals surface area (Å²) >= 11 is -1.65. The van der Waals surface area contributed by atoms with Crippen LogP contribution in [0.5, 0.6) is 0 Å². The van der Waals surface area contributed by atoms with Crippen molar-refractivity contribution in [2.24, 2.45) is 0 Å². The zero-order valence-electron chi connectivity index (χ0n) is 27.5. The quantitative estimate of drug-likeness (QED) is 0.185. The normalized spacial score (nSPS) is 18.1. The van der Waals surface area contributed by atoms with Gasteiger partial charge in [0.1, 0.15) is 0 Å². The van der Waals surface area contributed by atoms with Gasteiger partial charge in [0.05, 0.1) is 16.1 Å². The summed E-state index contributed by atoms with van der Waals surface area (Å²) in [4.78, 5) is 0. The van der Waals surface area contributed by atoms with Crippen molar-refractivity contribution in [3.05, 3.63) is 29.7 Å². The van der Waals surface area contributed by atoms with Gasteiger partial charge in [-0.1, -0.05) is 160 Å². The summed E-state index contributed by atoms with van der Waals surface area (Å²) in [5, 5.41) is 0. The third-order valence-electron chi connectivity index (χ3n) is 9.06. The van der Waals surface area contributed by atoms with E-state index in [1.807, 2.05) is 0 Å². The van der Waals surface area contributed by atoms with Gasteiger partial charge in [-0.2, -0.15) is 0 Å². The Hall–Kier alpha value is 3.36. The van der Waals surface area contributed by atoms with Crippen molar-refractivity contribution in [3.63, 3.8) is 0 Å². The Morgan fingerprint density at radius 2 is 0.615 bits per heavy atom. The first kappa shape index (κ1) is 51.9. The maximum absolute atomic E-state index is 4.93. The van der Waals surface area contributed by atoms with E-state index in [-0.39, 0.29) is 29.7 Å². The van der Waals surface area contributed by atoms with Crippen LogP contribution in [0.4, 0.5) is 0 Å². The van der Waals surface area contributed by atoms with Gasteiger partial charge >= 0.3 is 75.7 Å². The molecule has 0 atom stereocenters. The molecule has 0 aromatic rings. The van der Waals surface area contributed by atoms with Crippen LogP contribution in [-0.4, -0.2) is 16.1 Å². The second-order valence-corrected chi connectivity index (χ2v) is 30.5. The van der Waals surface area contributed by atoms with E-state index < -0.39 is 57.8 Å². The van der Waals surface area contributed by atoms with Crippen LogP contribution < -0.4 is 0 Å². The fourth-order valence-electron chi connectivity index (χ4n) is 6.59. The monoisotopic (exact) mass is 816 g/mol. The van der Waals surface area contributed by atoms with Crippen molar-refractivity contribution >= 4 is 50.2 Å². The number of hydrogen-bond acceptors (Lipinski definition) is 0. The van der Waals surface area contributed by atoms with Crippen LogP contribution in [0.2, 0.25) is 49.4 Å². The Morgan fingerprint density at radius 1 is 0.436 bits per heavy atom. The molecule has 0 aromatic carbocycles. The van der Waals surface area contributed by atoms with Crippen LogP contribution in [0.15, 0.2) is 0 Å². The van der Waals surface area contributed by atoms with Crippen LogP contribution >= 0.6 is 34.1 Å². The number of halogens is 4. The molecule has 4 saturated carbocycles. The molecule has 0 amide bonds. The summed E-state index contributed by atoms with van der Waals surface area (Å²) in [6.45, 7) is 10.8. The molecule has 0 nitrogen and oxygen atoms in total. The SMILES string of the molecule is C1CCCC1.C1CCCC1.C[Si](C)(CCC[Si](C)(C)C1CCCC1)C1CCCC1.[CH3-].[CH3-].[CH3-].[CH3-].[Cl][Zr+2][Cl].[Cl][Zr+2][Cl]. The molecule has 4 aliphatic rings. The van der Waals surface area contributed by atoms with Crippen LogP contribution in [0, 0.1) is 29.7 Å². The molecule has 0 radical (unpaired) electrons. The van der Waals surface area contributed by atoms with Crippen LogP contribution in [0.1, 0.15) is 122 Å². The Bertz CT molecular complexity index is 397. The van der Waals surface area contributed by atoms with E-state index in [2.05, 4.69) is 26.2 Å². The van der Waals surface area contributed by atoms with E-state index in [1.54, 1.807) is 44.2 Å². The molecular weight excluding hydrogens is 753 g/mol. The first-order valence-electron chi connectivity index (χ1n) is 14.7. The van der Waals surface area contributed by atoms with Crippen LogP contribution in [-0.2, 0) is 41.7 Å². The minimum absolute atomic E-state index is 0. The first-order valence-corrected chi connectivity index (χ1v) is 33.9. The standard InChI is InChI=1S/C17H36Si2.2C5H10.4CH3.4ClH.2Zr/c1-18(2,16-10-5-6-11-16)14-9-15-19(3,4)17-12-7-8-13-17;2*1-2-4-5-3-1;;;;;;;;;;/h16-17H,5-15H2,1-4H3;2*1-5H2;4*1H3;4*1H;;/q;;;4*-1;;;;;2*+4/p-4. The molecule has 0 aromatic heterocycles. The van der Waals surface area contributed by atoms with Gasteiger partial charge in [0, 0.05) is 0 Å². The fraction of sp³-hybridized carbons (Fsp3) is 0.871. The summed E-state index contributed by atoms with van der Waals surface area (Å²) in [5.41, 5.74) is 2.34. The molecule has 39 heavy (non-hydrogen) atoms. The Kier molecular flexibility index (Phi) is 45.6.